The van der Waals surface area contributed by atoms with Gasteiger partial charge in [0.25, 0.3) is 0 Å². The standard InChI is InChI=1S/C20H19N5O3/c1-12-18(23-20(26)22-15-6-4-5-13(9-15)11-21)19(25-24-12)14-7-8-16(27-2)17(10-14)28-3/h4-10H,1-3H3,(H,24,25)(H2,22,23,26). The molecule has 3 N–H and O–H groups in total. The number of hydrogen-bond acceptors (Lipinski definition) is 5. The molecule has 2 amide bonds. The summed E-state index contributed by atoms with van der Waals surface area (Å²) >= 11 is 0. The number of H-pyrrole nitrogens is 1. The van der Waals surface area contributed by atoms with Crippen LogP contribution in [0.1, 0.15) is 11.3 Å². The summed E-state index contributed by atoms with van der Waals surface area (Å²) < 4.78 is 10.6. The number of amides is 2. The maximum Gasteiger partial charge on any atom is 0.323 e. The number of methoxy groups -OCH3 is 2. The van der Waals surface area contributed by atoms with Gasteiger partial charge in [0, 0.05) is 11.3 Å². The molecule has 0 aliphatic heterocycles. The lowest BCUT2D eigenvalue weighted by Crippen LogP contribution is -2.20. The molecule has 8 heteroatoms. The van der Waals surface area contributed by atoms with E-state index in [1.165, 1.54) is 0 Å². The molecule has 0 spiro atoms. The first kappa shape index (κ1) is 18.8. The van der Waals surface area contributed by atoms with Gasteiger partial charge in [0.05, 0.1) is 37.2 Å². The molecule has 0 aliphatic rings. The van der Waals surface area contributed by atoms with Crippen LogP contribution in [0.2, 0.25) is 0 Å². The van der Waals surface area contributed by atoms with E-state index < -0.39 is 6.03 Å². The number of benzene rings is 2. The molecule has 0 radical (unpaired) electrons. The van der Waals surface area contributed by atoms with Gasteiger partial charge in [0.2, 0.25) is 0 Å². The van der Waals surface area contributed by atoms with E-state index in [-0.39, 0.29) is 0 Å². The van der Waals surface area contributed by atoms with Crippen molar-refractivity contribution in [3.05, 3.63) is 53.7 Å². The maximum absolute atomic E-state index is 12.4. The Balaban J connectivity index is 1.85. The number of anilines is 2. The number of hydrogen-bond donors (Lipinski definition) is 3. The van der Waals surface area contributed by atoms with Gasteiger partial charge in [0.1, 0.15) is 5.69 Å². The average molecular weight is 377 g/mol. The molecule has 142 valence electrons. The fraction of sp³-hybridized carbons (Fsp3) is 0.150. The Morgan fingerprint density at radius 1 is 1.11 bits per heavy atom. The molecule has 0 bridgehead atoms. The molecule has 0 saturated carbocycles. The van der Waals surface area contributed by atoms with Crippen molar-refractivity contribution in [2.24, 2.45) is 0 Å². The summed E-state index contributed by atoms with van der Waals surface area (Å²) in [7, 11) is 3.12. The first-order chi connectivity index (χ1) is 13.5. The predicted molar refractivity (Wildman–Crippen MR) is 106 cm³/mol. The Hall–Kier alpha value is -3.99. The zero-order valence-corrected chi connectivity index (χ0v) is 15.7. The fourth-order valence-corrected chi connectivity index (χ4v) is 2.72. The van der Waals surface area contributed by atoms with E-state index in [1.54, 1.807) is 50.6 Å². The van der Waals surface area contributed by atoms with E-state index in [0.29, 0.717) is 39.8 Å². The molecule has 1 heterocycles. The van der Waals surface area contributed by atoms with Crippen molar-refractivity contribution < 1.29 is 14.3 Å². The molecule has 1 aromatic heterocycles. The van der Waals surface area contributed by atoms with E-state index >= 15 is 0 Å². The number of ether oxygens (including phenoxy) is 2. The van der Waals surface area contributed by atoms with Crippen LogP contribution < -0.4 is 20.1 Å². The van der Waals surface area contributed by atoms with Crippen molar-refractivity contribution in [3.8, 4) is 28.8 Å². The topological polar surface area (TPSA) is 112 Å². The van der Waals surface area contributed by atoms with Gasteiger partial charge in [-0.05, 0) is 43.3 Å². The minimum atomic E-state index is -0.443. The normalized spacial score (nSPS) is 10.1. The van der Waals surface area contributed by atoms with Crippen LogP contribution >= 0.6 is 0 Å². The average Bonchev–Trinajstić information content (AvgIpc) is 3.07. The van der Waals surface area contributed by atoms with Crippen LogP contribution in [0.25, 0.3) is 11.3 Å². The molecule has 3 aromatic rings. The van der Waals surface area contributed by atoms with Crippen molar-refractivity contribution >= 4 is 17.4 Å². The van der Waals surface area contributed by atoms with Crippen molar-refractivity contribution in [2.75, 3.05) is 24.9 Å². The van der Waals surface area contributed by atoms with Crippen LogP contribution in [-0.4, -0.2) is 30.4 Å². The van der Waals surface area contributed by atoms with Crippen molar-refractivity contribution in [2.45, 2.75) is 6.92 Å². The molecule has 0 aliphatic carbocycles. The molecular formula is C20H19N5O3. The number of aromatic amines is 1. The number of carbonyl (C=O) groups excluding carboxylic acids is 1. The molecule has 2 aromatic carbocycles. The highest BCUT2D eigenvalue weighted by Crippen LogP contribution is 2.35. The minimum absolute atomic E-state index is 0.443. The quantitative estimate of drug-likeness (QED) is 0.624. The number of aromatic nitrogens is 2. The second kappa shape index (κ2) is 8.14. The predicted octanol–water partition coefficient (Wildman–Crippen LogP) is 3.92. The number of aryl methyl sites for hydroxylation is 1. The number of rotatable bonds is 5. The molecule has 3 rings (SSSR count). The molecule has 0 fully saturated rings. The Labute approximate surface area is 162 Å². The first-order valence-corrected chi connectivity index (χ1v) is 8.41. The van der Waals surface area contributed by atoms with E-state index in [9.17, 15) is 4.79 Å². The molecule has 28 heavy (non-hydrogen) atoms. The molecular weight excluding hydrogens is 358 g/mol. The van der Waals surface area contributed by atoms with E-state index in [4.69, 9.17) is 14.7 Å². The second-order valence-electron chi connectivity index (χ2n) is 5.91. The zero-order valence-electron chi connectivity index (χ0n) is 15.7. The number of nitrogens with one attached hydrogen (secondary N) is 3. The number of nitriles is 1. The summed E-state index contributed by atoms with van der Waals surface area (Å²) in [4.78, 5) is 12.4. The summed E-state index contributed by atoms with van der Waals surface area (Å²) in [5.41, 5.74) is 3.55. The lowest BCUT2D eigenvalue weighted by molar-refractivity contribution is 0.262. The highest BCUT2D eigenvalue weighted by molar-refractivity contribution is 6.02. The summed E-state index contributed by atoms with van der Waals surface area (Å²) in [6.07, 6.45) is 0. The summed E-state index contributed by atoms with van der Waals surface area (Å²) in [5.74, 6) is 1.16. The van der Waals surface area contributed by atoms with Gasteiger partial charge in [-0.1, -0.05) is 6.07 Å². The van der Waals surface area contributed by atoms with Crippen molar-refractivity contribution in [1.82, 2.24) is 10.2 Å². The van der Waals surface area contributed by atoms with Crippen LogP contribution in [0.15, 0.2) is 42.5 Å². The van der Waals surface area contributed by atoms with Crippen LogP contribution in [0.5, 0.6) is 11.5 Å². The van der Waals surface area contributed by atoms with Gasteiger partial charge in [0.15, 0.2) is 11.5 Å². The van der Waals surface area contributed by atoms with Gasteiger partial charge < -0.3 is 20.1 Å². The smallest absolute Gasteiger partial charge is 0.323 e. The summed E-state index contributed by atoms with van der Waals surface area (Å²) in [5, 5.41) is 21.7. The molecule has 8 nitrogen and oxygen atoms in total. The number of nitrogens with zero attached hydrogens (tertiary/aromatic N) is 2. The Kier molecular flexibility index (Phi) is 5.46. The highest BCUT2D eigenvalue weighted by atomic mass is 16.5. The number of carbonyl (C=O) groups is 1. The van der Waals surface area contributed by atoms with E-state index in [1.807, 2.05) is 19.1 Å². The van der Waals surface area contributed by atoms with Gasteiger partial charge in [-0.2, -0.15) is 10.4 Å². The van der Waals surface area contributed by atoms with E-state index in [2.05, 4.69) is 20.8 Å². The third-order valence-electron chi connectivity index (χ3n) is 4.09. The minimum Gasteiger partial charge on any atom is -0.493 e. The maximum atomic E-state index is 12.4. The largest absolute Gasteiger partial charge is 0.493 e. The fourth-order valence-electron chi connectivity index (χ4n) is 2.72. The molecule has 0 unspecified atom stereocenters. The summed E-state index contributed by atoms with van der Waals surface area (Å²) in [6, 6.07) is 13.6. The lowest BCUT2D eigenvalue weighted by Gasteiger charge is -2.11. The zero-order chi connectivity index (χ0) is 20.1. The third kappa shape index (κ3) is 3.88. The van der Waals surface area contributed by atoms with Gasteiger partial charge >= 0.3 is 6.03 Å². The Morgan fingerprint density at radius 3 is 2.61 bits per heavy atom. The Bertz CT molecular complexity index is 1050. The highest BCUT2D eigenvalue weighted by Gasteiger charge is 2.17. The second-order valence-corrected chi connectivity index (χ2v) is 5.91. The SMILES string of the molecule is COc1ccc(-c2n[nH]c(C)c2NC(=O)Nc2cccc(C#N)c2)cc1OC. The monoisotopic (exact) mass is 377 g/mol. The van der Waals surface area contributed by atoms with Crippen LogP contribution in [0.4, 0.5) is 16.2 Å². The first-order valence-electron chi connectivity index (χ1n) is 8.41. The van der Waals surface area contributed by atoms with Crippen LogP contribution in [-0.2, 0) is 0 Å². The van der Waals surface area contributed by atoms with Crippen LogP contribution in [0, 0.1) is 18.3 Å². The summed E-state index contributed by atoms with van der Waals surface area (Å²) in [6.45, 7) is 1.81. The molecule has 0 saturated heterocycles. The number of urea groups is 1. The van der Waals surface area contributed by atoms with Gasteiger partial charge in [-0.3, -0.25) is 5.10 Å². The lowest BCUT2D eigenvalue weighted by atomic mass is 10.1. The van der Waals surface area contributed by atoms with Gasteiger partial charge in [-0.15, -0.1) is 0 Å². The van der Waals surface area contributed by atoms with Crippen LogP contribution in [0.3, 0.4) is 0 Å². The molecule has 0 atom stereocenters. The van der Waals surface area contributed by atoms with Crippen molar-refractivity contribution in [1.29, 1.82) is 5.26 Å². The Morgan fingerprint density at radius 2 is 1.89 bits per heavy atom. The van der Waals surface area contributed by atoms with E-state index in [0.717, 1.165) is 5.56 Å². The van der Waals surface area contributed by atoms with Gasteiger partial charge in [-0.25, -0.2) is 4.79 Å². The van der Waals surface area contributed by atoms with Crippen molar-refractivity contribution in [3.63, 3.8) is 0 Å². The third-order valence-corrected chi connectivity index (χ3v) is 4.09.